The summed E-state index contributed by atoms with van der Waals surface area (Å²) >= 11 is 0. The SMILES string of the molecule is c1ccc(-c2nc(-c3ccc(-c4ccccn4)cc3)nc(-c3ccc4c(c3)C3(c5c-4ccc4ccccc54)C4CC5CC(C4)CC3C5)n2)cc1. The van der Waals surface area contributed by atoms with E-state index >= 15 is 0 Å². The van der Waals surface area contributed by atoms with E-state index in [4.69, 9.17) is 15.0 Å². The van der Waals surface area contributed by atoms with Crippen LogP contribution < -0.4 is 0 Å². The van der Waals surface area contributed by atoms with E-state index in [9.17, 15) is 0 Å². The first kappa shape index (κ1) is 28.4. The molecule has 4 heteroatoms. The molecule has 1 spiro atoms. The van der Waals surface area contributed by atoms with Crippen molar-refractivity contribution in [2.75, 3.05) is 0 Å². The smallest absolute Gasteiger partial charge is 0.164 e. The second kappa shape index (κ2) is 10.8. The van der Waals surface area contributed by atoms with Gasteiger partial charge in [0, 0.05) is 33.9 Å². The van der Waals surface area contributed by atoms with Crippen LogP contribution in [0.15, 0.2) is 134 Å². The monoisotopic (exact) mass is 644 g/mol. The van der Waals surface area contributed by atoms with E-state index in [2.05, 4.69) is 96.0 Å². The van der Waals surface area contributed by atoms with Crippen LogP contribution in [0.5, 0.6) is 0 Å². The van der Waals surface area contributed by atoms with Gasteiger partial charge >= 0.3 is 0 Å². The zero-order valence-corrected chi connectivity index (χ0v) is 27.8. The number of hydrogen-bond donors (Lipinski definition) is 0. The molecule has 4 fully saturated rings. The molecule has 4 bridgehead atoms. The van der Waals surface area contributed by atoms with E-state index in [0.717, 1.165) is 45.6 Å². The molecule has 0 amide bonds. The number of aromatic nitrogens is 4. The van der Waals surface area contributed by atoms with Crippen molar-refractivity contribution in [3.8, 4) is 56.5 Å². The van der Waals surface area contributed by atoms with Gasteiger partial charge in [0.15, 0.2) is 17.5 Å². The molecule has 2 heterocycles. The highest BCUT2D eigenvalue weighted by Crippen LogP contribution is 2.70. The minimum atomic E-state index is 0.0361. The molecule has 12 rings (SSSR count). The summed E-state index contributed by atoms with van der Waals surface area (Å²) in [6.45, 7) is 0. The first-order valence-corrected chi connectivity index (χ1v) is 18.2. The van der Waals surface area contributed by atoms with Crippen LogP contribution in [0.25, 0.3) is 67.3 Å². The molecule has 7 aromatic rings. The normalized spacial score (nSPS) is 24.1. The zero-order chi connectivity index (χ0) is 32.8. The number of pyridine rings is 1. The van der Waals surface area contributed by atoms with Crippen molar-refractivity contribution in [1.29, 1.82) is 0 Å². The Balaban J connectivity index is 1.10. The standard InChI is InChI=1S/C46H36N4/c1-2-9-32(10-3-1)43-48-44(33-15-13-31(14-16-33)41-12-6-7-21-47-41)50-45(49-43)34-18-19-38-39-20-17-30-8-4-5-11-37(30)42(39)46(40(38)27-34)35-23-28-22-29(25-35)26-36(46)24-28/h1-21,27-29,35-36H,22-26H2. The first-order chi connectivity index (χ1) is 24.7. The summed E-state index contributed by atoms with van der Waals surface area (Å²) in [4.78, 5) is 20.0. The summed E-state index contributed by atoms with van der Waals surface area (Å²) < 4.78 is 0. The van der Waals surface area contributed by atoms with Crippen LogP contribution in [0.2, 0.25) is 0 Å². The van der Waals surface area contributed by atoms with Crippen molar-refractivity contribution in [3.63, 3.8) is 0 Å². The molecule has 0 atom stereocenters. The lowest BCUT2D eigenvalue weighted by atomic mass is 9.43. The van der Waals surface area contributed by atoms with Crippen molar-refractivity contribution in [3.05, 3.63) is 145 Å². The Bertz CT molecular complexity index is 2410. The lowest BCUT2D eigenvalue weighted by molar-refractivity contribution is -0.0393. The maximum absolute atomic E-state index is 5.21. The van der Waals surface area contributed by atoms with Crippen LogP contribution in [-0.2, 0) is 5.41 Å². The van der Waals surface area contributed by atoms with Crippen LogP contribution >= 0.6 is 0 Å². The quantitative estimate of drug-likeness (QED) is 0.191. The summed E-state index contributed by atoms with van der Waals surface area (Å²) in [5.74, 6) is 5.22. The molecule has 50 heavy (non-hydrogen) atoms. The molecule has 0 N–H and O–H groups in total. The second-order valence-corrected chi connectivity index (χ2v) is 15.1. The molecule has 0 radical (unpaired) electrons. The van der Waals surface area contributed by atoms with Crippen LogP contribution in [-0.4, -0.2) is 19.9 Å². The van der Waals surface area contributed by atoms with E-state index in [0.29, 0.717) is 23.5 Å². The van der Waals surface area contributed by atoms with Crippen molar-refractivity contribution < 1.29 is 0 Å². The Morgan fingerprint density at radius 1 is 0.480 bits per heavy atom. The van der Waals surface area contributed by atoms with Gasteiger partial charge in [-0.2, -0.15) is 0 Å². The molecule has 0 aliphatic heterocycles. The maximum atomic E-state index is 5.21. The lowest BCUT2D eigenvalue weighted by Crippen LogP contribution is -2.55. The molecule has 240 valence electrons. The zero-order valence-electron chi connectivity index (χ0n) is 27.8. The maximum Gasteiger partial charge on any atom is 0.164 e. The molecule has 4 saturated carbocycles. The highest BCUT2D eigenvalue weighted by atomic mass is 15.0. The van der Waals surface area contributed by atoms with Crippen molar-refractivity contribution in [2.24, 2.45) is 23.7 Å². The highest BCUT2D eigenvalue weighted by molar-refractivity contribution is 5.98. The van der Waals surface area contributed by atoms with Gasteiger partial charge in [0.1, 0.15) is 0 Å². The predicted molar refractivity (Wildman–Crippen MR) is 200 cm³/mol. The molecular formula is C46H36N4. The Kier molecular flexibility index (Phi) is 6.10. The third-order valence-electron chi connectivity index (χ3n) is 12.6. The number of hydrogen-bond acceptors (Lipinski definition) is 4. The molecule has 5 aliphatic carbocycles. The van der Waals surface area contributed by atoms with Crippen molar-refractivity contribution in [2.45, 2.75) is 37.5 Å². The number of benzene rings is 5. The average molecular weight is 645 g/mol. The summed E-state index contributed by atoms with van der Waals surface area (Å²) in [6, 6.07) is 45.7. The van der Waals surface area contributed by atoms with E-state index in [1.54, 1.807) is 5.56 Å². The van der Waals surface area contributed by atoms with Gasteiger partial charge < -0.3 is 0 Å². The van der Waals surface area contributed by atoms with Crippen molar-refractivity contribution >= 4 is 10.8 Å². The first-order valence-electron chi connectivity index (χ1n) is 18.2. The lowest BCUT2D eigenvalue weighted by Gasteiger charge is -2.61. The van der Waals surface area contributed by atoms with Crippen LogP contribution in [0.4, 0.5) is 0 Å². The van der Waals surface area contributed by atoms with Gasteiger partial charge in [-0.05, 0) is 107 Å². The Labute approximate surface area is 292 Å². The Morgan fingerprint density at radius 2 is 1.08 bits per heavy atom. The fraction of sp³-hybridized carbons (Fsp3) is 0.217. The minimum absolute atomic E-state index is 0.0361. The molecule has 4 nitrogen and oxygen atoms in total. The summed E-state index contributed by atoms with van der Waals surface area (Å²) in [6.07, 6.45) is 8.67. The van der Waals surface area contributed by atoms with Gasteiger partial charge in [-0.25, -0.2) is 15.0 Å². The fourth-order valence-corrected chi connectivity index (χ4v) is 10.8. The molecule has 0 saturated heterocycles. The van der Waals surface area contributed by atoms with Gasteiger partial charge in [0.25, 0.3) is 0 Å². The molecule has 5 aromatic carbocycles. The van der Waals surface area contributed by atoms with Gasteiger partial charge in [-0.15, -0.1) is 0 Å². The van der Waals surface area contributed by atoms with Crippen molar-refractivity contribution in [1.82, 2.24) is 19.9 Å². The third-order valence-corrected chi connectivity index (χ3v) is 12.6. The molecule has 2 aromatic heterocycles. The van der Waals surface area contributed by atoms with Gasteiger partial charge in [0.05, 0.1) is 5.69 Å². The van der Waals surface area contributed by atoms with Crippen LogP contribution in [0, 0.1) is 23.7 Å². The number of rotatable bonds is 4. The van der Waals surface area contributed by atoms with E-state index in [-0.39, 0.29) is 5.41 Å². The van der Waals surface area contributed by atoms with Crippen LogP contribution in [0.1, 0.15) is 43.2 Å². The van der Waals surface area contributed by atoms with Crippen LogP contribution in [0.3, 0.4) is 0 Å². The van der Waals surface area contributed by atoms with Gasteiger partial charge in [-0.3, -0.25) is 4.98 Å². The third kappa shape index (κ3) is 4.11. The highest BCUT2D eigenvalue weighted by Gasteiger charge is 2.62. The largest absolute Gasteiger partial charge is 0.256 e. The van der Waals surface area contributed by atoms with E-state index < -0.39 is 0 Å². The Morgan fingerprint density at radius 3 is 1.80 bits per heavy atom. The molecule has 5 aliphatic rings. The van der Waals surface area contributed by atoms with E-state index in [1.165, 1.54) is 59.6 Å². The summed E-state index contributed by atoms with van der Waals surface area (Å²) in [7, 11) is 0. The second-order valence-electron chi connectivity index (χ2n) is 15.1. The summed E-state index contributed by atoms with van der Waals surface area (Å²) in [5, 5.41) is 2.80. The Hall–Kier alpha value is -5.48. The fourth-order valence-electron chi connectivity index (χ4n) is 10.8. The molecule has 0 unspecified atom stereocenters. The topological polar surface area (TPSA) is 51.6 Å². The van der Waals surface area contributed by atoms with Gasteiger partial charge in [-0.1, -0.05) is 109 Å². The number of nitrogens with zero attached hydrogens (tertiary/aromatic N) is 4. The van der Waals surface area contributed by atoms with Gasteiger partial charge in [0.2, 0.25) is 0 Å². The molecular weight excluding hydrogens is 609 g/mol. The average Bonchev–Trinajstić information content (AvgIpc) is 3.48. The van der Waals surface area contributed by atoms with E-state index in [1.807, 2.05) is 42.6 Å². The minimum Gasteiger partial charge on any atom is -0.256 e. The predicted octanol–water partition coefficient (Wildman–Crippen LogP) is 10.8. The summed E-state index contributed by atoms with van der Waals surface area (Å²) in [5.41, 5.74) is 11.0. The number of fused-ring (bicyclic) bond motifs is 5.